The molecule has 1 atom stereocenters. The number of anilines is 1. The summed E-state index contributed by atoms with van der Waals surface area (Å²) in [5.74, 6) is -0.912. The van der Waals surface area contributed by atoms with E-state index in [-0.39, 0.29) is 12.2 Å². The van der Waals surface area contributed by atoms with E-state index in [1.807, 2.05) is 36.4 Å². The summed E-state index contributed by atoms with van der Waals surface area (Å²) in [7, 11) is 0. The number of allylic oxidation sites excluding steroid dienone is 3. The van der Waals surface area contributed by atoms with Crippen molar-refractivity contribution in [3.8, 4) is 0 Å². The summed E-state index contributed by atoms with van der Waals surface area (Å²) in [6, 6.07) is 14.8. The van der Waals surface area contributed by atoms with Gasteiger partial charge < -0.3 is 10.4 Å². The summed E-state index contributed by atoms with van der Waals surface area (Å²) in [4.78, 5) is 24.3. The van der Waals surface area contributed by atoms with Crippen molar-refractivity contribution in [2.45, 2.75) is 12.0 Å². The lowest BCUT2D eigenvalue weighted by atomic mass is 9.90. The van der Waals surface area contributed by atoms with Crippen molar-refractivity contribution in [1.29, 1.82) is 0 Å². The molecule has 0 aromatic heterocycles. The molecule has 25 heavy (non-hydrogen) atoms. The second kappa shape index (κ2) is 7.17. The Morgan fingerprint density at radius 3 is 2.68 bits per heavy atom. The van der Waals surface area contributed by atoms with Gasteiger partial charge in [0.05, 0.1) is 6.42 Å². The number of ketones is 1. The third kappa shape index (κ3) is 3.78. The lowest BCUT2D eigenvalue weighted by Crippen LogP contribution is -2.36. The quantitative estimate of drug-likeness (QED) is 0.595. The van der Waals surface area contributed by atoms with Crippen LogP contribution < -0.4 is 5.32 Å². The molecule has 0 spiro atoms. The lowest BCUT2D eigenvalue weighted by molar-refractivity contribution is -0.138. The second-order valence-corrected chi connectivity index (χ2v) is 6.69. The fraction of sp³-hybridized carbons (Fsp3) is 0.100. The van der Waals surface area contributed by atoms with E-state index >= 15 is 0 Å². The van der Waals surface area contributed by atoms with Crippen molar-refractivity contribution >= 4 is 39.4 Å². The van der Waals surface area contributed by atoms with Crippen LogP contribution in [-0.4, -0.2) is 16.8 Å². The summed E-state index contributed by atoms with van der Waals surface area (Å²) in [6.07, 6.45) is 6.27. The summed E-state index contributed by atoms with van der Waals surface area (Å²) in [6.45, 7) is 0. The van der Waals surface area contributed by atoms with Gasteiger partial charge in [0.15, 0.2) is 11.4 Å². The monoisotopic (exact) mass is 397 g/mol. The highest BCUT2D eigenvalue weighted by atomic mass is 79.9. The Hall–Kier alpha value is -2.50. The summed E-state index contributed by atoms with van der Waals surface area (Å²) in [5.41, 5.74) is 0.112. The van der Waals surface area contributed by atoms with Crippen molar-refractivity contribution in [3.05, 3.63) is 82.4 Å². The Morgan fingerprint density at radius 1 is 1.16 bits per heavy atom. The van der Waals surface area contributed by atoms with Gasteiger partial charge >= 0.3 is 0 Å². The number of amides is 1. The van der Waals surface area contributed by atoms with Crippen LogP contribution in [0.15, 0.2) is 71.2 Å². The van der Waals surface area contributed by atoms with Gasteiger partial charge in [-0.05, 0) is 29.8 Å². The van der Waals surface area contributed by atoms with Crippen molar-refractivity contribution in [2.24, 2.45) is 0 Å². The zero-order chi connectivity index (χ0) is 17.9. The van der Waals surface area contributed by atoms with Crippen molar-refractivity contribution in [1.82, 2.24) is 0 Å². The van der Waals surface area contributed by atoms with Crippen LogP contribution in [-0.2, 0) is 15.2 Å². The van der Waals surface area contributed by atoms with Crippen molar-refractivity contribution in [3.63, 3.8) is 0 Å². The Labute approximate surface area is 154 Å². The van der Waals surface area contributed by atoms with Crippen LogP contribution in [0.1, 0.15) is 17.5 Å². The molecule has 0 fully saturated rings. The number of benzene rings is 2. The standard InChI is InChI=1S/C20H16BrNO3/c21-15-10-11-18-17(12-15)20(25,19(24)22-18)13-16(23)9-5-4-8-14-6-2-1-3-7-14/h1-12,25H,13H2,(H,22,24)/b8-4-,9-5+/t20-/m0/s1. The molecule has 4 nitrogen and oxygen atoms in total. The lowest BCUT2D eigenvalue weighted by Gasteiger charge is -2.19. The van der Waals surface area contributed by atoms with Crippen LogP contribution in [0.3, 0.4) is 0 Å². The molecular weight excluding hydrogens is 382 g/mol. The first kappa shape index (κ1) is 17.3. The van der Waals surface area contributed by atoms with Crippen LogP contribution in [0, 0.1) is 0 Å². The molecule has 5 heteroatoms. The van der Waals surface area contributed by atoms with E-state index in [0.29, 0.717) is 11.3 Å². The minimum Gasteiger partial charge on any atom is -0.375 e. The number of fused-ring (bicyclic) bond motifs is 1. The molecule has 0 saturated heterocycles. The zero-order valence-corrected chi connectivity index (χ0v) is 14.9. The van der Waals surface area contributed by atoms with Gasteiger partial charge in [-0.2, -0.15) is 0 Å². The minimum absolute atomic E-state index is 0.308. The van der Waals surface area contributed by atoms with E-state index in [0.717, 1.165) is 10.0 Å². The molecule has 0 bridgehead atoms. The molecule has 0 radical (unpaired) electrons. The molecule has 0 aliphatic carbocycles. The first-order chi connectivity index (χ1) is 12.0. The first-order valence-electron chi connectivity index (χ1n) is 7.75. The molecule has 2 aromatic carbocycles. The molecule has 2 aromatic rings. The molecule has 1 amide bonds. The largest absolute Gasteiger partial charge is 0.375 e. The summed E-state index contributed by atoms with van der Waals surface area (Å²) >= 11 is 3.32. The highest BCUT2D eigenvalue weighted by Gasteiger charge is 2.46. The molecule has 1 heterocycles. The second-order valence-electron chi connectivity index (χ2n) is 5.78. The van der Waals surface area contributed by atoms with Crippen LogP contribution in [0.4, 0.5) is 5.69 Å². The number of rotatable bonds is 5. The van der Waals surface area contributed by atoms with E-state index < -0.39 is 11.5 Å². The van der Waals surface area contributed by atoms with Crippen LogP contribution in [0.2, 0.25) is 0 Å². The fourth-order valence-electron chi connectivity index (χ4n) is 2.70. The number of hydrogen-bond acceptors (Lipinski definition) is 3. The van der Waals surface area contributed by atoms with E-state index in [1.54, 1.807) is 30.4 Å². The number of carbonyl (C=O) groups excluding carboxylic acids is 2. The van der Waals surface area contributed by atoms with E-state index in [4.69, 9.17) is 0 Å². The normalized spacial score (nSPS) is 19.4. The van der Waals surface area contributed by atoms with Crippen molar-refractivity contribution < 1.29 is 14.7 Å². The maximum absolute atomic E-state index is 12.2. The highest BCUT2D eigenvalue weighted by Crippen LogP contribution is 2.39. The summed E-state index contributed by atoms with van der Waals surface area (Å²) < 4.78 is 0.731. The Morgan fingerprint density at radius 2 is 1.92 bits per heavy atom. The molecule has 1 aliphatic heterocycles. The third-order valence-electron chi connectivity index (χ3n) is 3.96. The number of hydrogen-bond donors (Lipinski definition) is 2. The van der Waals surface area contributed by atoms with Crippen molar-refractivity contribution in [2.75, 3.05) is 5.32 Å². The maximum atomic E-state index is 12.2. The van der Waals surface area contributed by atoms with E-state index in [9.17, 15) is 14.7 Å². The minimum atomic E-state index is -1.84. The van der Waals surface area contributed by atoms with Gasteiger partial charge in [-0.25, -0.2) is 0 Å². The SMILES string of the molecule is O=C(/C=C/C=C\c1ccccc1)C[C@@]1(O)C(=O)Nc2ccc(Br)cc21. The molecular formula is C20H16BrNO3. The van der Waals surface area contributed by atoms with E-state index in [2.05, 4.69) is 21.2 Å². The first-order valence-corrected chi connectivity index (χ1v) is 8.55. The number of carbonyl (C=O) groups is 2. The Balaban J connectivity index is 1.71. The maximum Gasteiger partial charge on any atom is 0.261 e. The average molecular weight is 398 g/mol. The highest BCUT2D eigenvalue weighted by molar-refractivity contribution is 9.10. The predicted octanol–water partition coefficient (Wildman–Crippen LogP) is 3.82. The topological polar surface area (TPSA) is 66.4 Å². The molecule has 0 unspecified atom stereocenters. The van der Waals surface area contributed by atoms with E-state index in [1.165, 1.54) is 6.08 Å². The molecule has 1 aliphatic rings. The Bertz CT molecular complexity index is 874. The molecule has 126 valence electrons. The number of nitrogens with one attached hydrogen (secondary N) is 1. The predicted molar refractivity (Wildman–Crippen MR) is 101 cm³/mol. The number of aliphatic hydroxyl groups is 1. The third-order valence-corrected chi connectivity index (χ3v) is 4.46. The average Bonchev–Trinajstić information content (AvgIpc) is 2.83. The zero-order valence-electron chi connectivity index (χ0n) is 13.3. The van der Waals surface area contributed by atoms with Crippen LogP contribution in [0.5, 0.6) is 0 Å². The molecule has 3 rings (SSSR count). The fourth-order valence-corrected chi connectivity index (χ4v) is 3.06. The van der Waals surface area contributed by atoms with Gasteiger partial charge in [0.2, 0.25) is 0 Å². The van der Waals surface area contributed by atoms with Gasteiger partial charge in [0.25, 0.3) is 5.91 Å². The van der Waals surface area contributed by atoms with Gasteiger partial charge in [0.1, 0.15) is 0 Å². The van der Waals surface area contributed by atoms with Crippen LogP contribution >= 0.6 is 15.9 Å². The van der Waals surface area contributed by atoms with Gasteiger partial charge in [0, 0.05) is 15.7 Å². The smallest absolute Gasteiger partial charge is 0.261 e. The van der Waals surface area contributed by atoms with Gasteiger partial charge in [-0.3, -0.25) is 9.59 Å². The Kier molecular flexibility index (Phi) is 4.97. The summed E-state index contributed by atoms with van der Waals surface area (Å²) in [5, 5.41) is 13.3. The van der Waals surface area contributed by atoms with Gasteiger partial charge in [-0.1, -0.05) is 64.5 Å². The molecule has 2 N–H and O–H groups in total. The molecule has 0 saturated carbocycles. The van der Waals surface area contributed by atoms with Gasteiger partial charge in [-0.15, -0.1) is 0 Å². The number of halogens is 1. The van der Waals surface area contributed by atoms with Crippen LogP contribution in [0.25, 0.3) is 6.08 Å².